The highest BCUT2D eigenvalue weighted by Gasteiger charge is 2.20. The predicted octanol–water partition coefficient (Wildman–Crippen LogP) is 15.1. The summed E-state index contributed by atoms with van der Waals surface area (Å²) in [4.78, 5) is 15.0. The van der Waals surface area contributed by atoms with Crippen molar-refractivity contribution in [1.29, 1.82) is 0 Å². The number of thiophene rings is 1. The summed E-state index contributed by atoms with van der Waals surface area (Å²) in [6.07, 6.45) is 0. The molecule has 9 aromatic carbocycles. The standard InChI is InChI=1S/C59H36N4S/c1-5-18-40(19-6-1)49-38-51-47-29-14-16-31-54(47)64-56(51)55(41-20-7-2-8-21-41)48(49)34-32-39-33-35-53-50(36-39)46-28-13-15-30-52(46)63(53)45-27-17-26-44(37-45)59-61-57(42-22-9-3-10-23-42)60-58(62-59)43-24-11-4-12-25-43/h1-31,33,35-38H. The van der Waals surface area contributed by atoms with Gasteiger partial charge in [0.25, 0.3) is 0 Å². The third kappa shape index (κ3) is 6.62. The summed E-state index contributed by atoms with van der Waals surface area (Å²) in [6.45, 7) is 0. The van der Waals surface area contributed by atoms with Crippen molar-refractivity contribution in [2.45, 2.75) is 0 Å². The van der Waals surface area contributed by atoms with Crippen LogP contribution < -0.4 is 0 Å². The highest BCUT2D eigenvalue weighted by atomic mass is 32.1. The molecule has 12 aromatic rings. The summed E-state index contributed by atoms with van der Waals surface area (Å²) in [6, 6.07) is 76.4. The Morgan fingerprint density at radius 1 is 0.375 bits per heavy atom. The Labute approximate surface area is 374 Å². The maximum Gasteiger partial charge on any atom is 0.164 e. The highest BCUT2D eigenvalue weighted by molar-refractivity contribution is 7.26. The Kier molecular flexibility index (Phi) is 9.22. The minimum Gasteiger partial charge on any atom is -0.309 e. The predicted molar refractivity (Wildman–Crippen MR) is 267 cm³/mol. The van der Waals surface area contributed by atoms with Crippen molar-refractivity contribution in [2.24, 2.45) is 0 Å². The monoisotopic (exact) mass is 832 g/mol. The van der Waals surface area contributed by atoms with Gasteiger partial charge >= 0.3 is 0 Å². The molecule has 0 aliphatic rings. The molecule has 12 rings (SSSR count). The van der Waals surface area contributed by atoms with E-state index in [4.69, 9.17) is 15.0 Å². The number of fused-ring (bicyclic) bond motifs is 6. The average molecular weight is 833 g/mol. The van der Waals surface area contributed by atoms with Crippen molar-refractivity contribution in [3.63, 3.8) is 0 Å². The van der Waals surface area contributed by atoms with Gasteiger partial charge in [0, 0.05) is 70.0 Å². The molecule has 0 fully saturated rings. The lowest BCUT2D eigenvalue weighted by Crippen LogP contribution is -2.01. The molecule has 0 spiro atoms. The number of hydrogen-bond donors (Lipinski definition) is 0. The van der Waals surface area contributed by atoms with Crippen LogP contribution in [-0.4, -0.2) is 19.5 Å². The van der Waals surface area contributed by atoms with E-state index in [-0.39, 0.29) is 0 Å². The Bertz CT molecular complexity index is 3710. The summed E-state index contributed by atoms with van der Waals surface area (Å²) >= 11 is 1.84. The molecule has 0 atom stereocenters. The maximum atomic E-state index is 5.04. The number of rotatable bonds is 6. The average Bonchev–Trinajstić information content (AvgIpc) is 3.91. The number of nitrogens with zero attached hydrogens (tertiary/aromatic N) is 4. The van der Waals surface area contributed by atoms with Gasteiger partial charge in [0.05, 0.1) is 11.0 Å². The summed E-state index contributed by atoms with van der Waals surface area (Å²) in [5, 5.41) is 4.82. The largest absolute Gasteiger partial charge is 0.309 e. The van der Waals surface area contributed by atoms with Crippen LogP contribution in [0.25, 0.3) is 104 Å². The zero-order chi connectivity index (χ0) is 42.4. The first kappa shape index (κ1) is 37.3. The van der Waals surface area contributed by atoms with E-state index < -0.39 is 0 Å². The third-order valence-corrected chi connectivity index (χ3v) is 13.1. The molecule has 0 N–H and O–H groups in total. The molecule has 0 aliphatic carbocycles. The van der Waals surface area contributed by atoms with Gasteiger partial charge in [0.1, 0.15) is 0 Å². The smallest absolute Gasteiger partial charge is 0.164 e. The molecule has 298 valence electrons. The van der Waals surface area contributed by atoms with Crippen LogP contribution in [0.4, 0.5) is 0 Å². The molecule has 0 saturated heterocycles. The van der Waals surface area contributed by atoms with Crippen LogP contribution in [0.3, 0.4) is 0 Å². The molecular weight excluding hydrogens is 797 g/mol. The van der Waals surface area contributed by atoms with Crippen LogP contribution >= 0.6 is 11.3 Å². The van der Waals surface area contributed by atoms with Gasteiger partial charge in [0.2, 0.25) is 0 Å². The van der Waals surface area contributed by atoms with E-state index in [1.165, 1.54) is 25.7 Å². The maximum absolute atomic E-state index is 5.04. The molecule has 3 aromatic heterocycles. The Hall–Kier alpha value is -8.43. The fraction of sp³-hybridized carbons (Fsp3) is 0. The van der Waals surface area contributed by atoms with Crippen molar-refractivity contribution in [1.82, 2.24) is 19.5 Å². The van der Waals surface area contributed by atoms with E-state index in [1.54, 1.807) is 0 Å². The Morgan fingerprint density at radius 2 is 0.922 bits per heavy atom. The number of para-hydroxylation sites is 1. The lowest BCUT2D eigenvalue weighted by Gasteiger charge is -2.14. The SMILES string of the molecule is C(#Cc1c(-c2ccccc2)cc2c(sc3ccccc32)c1-c1ccccc1)c1ccc2c(c1)c1ccccc1n2-c1cccc(-c2nc(-c3ccccc3)nc(-c3ccccc3)n2)c1. The molecule has 0 aliphatic heterocycles. The first-order valence-electron chi connectivity index (χ1n) is 21.4. The molecular formula is C59H36N4S. The van der Waals surface area contributed by atoms with Crippen LogP contribution in [-0.2, 0) is 0 Å². The zero-order valence-electron chi connectivity index (χ0n) is 34.5. The van der Waals surface area contributed by atoms with Crippen LogP contribution in [0.2, 0.25) is 0 Å². The lowest BCUT2D eigenvalue weighted by atomic mass is 9.89. The molecule has 5 heteroatoms. The van der Waals surface area contributed by atoms with E-state index in [0.717, 1.165) is 72.0 Å². The Morgan fingerprint density at radius 3 is 1.61 bits per heavy atom. The molecule has 0 saturated carbocycles. The third-order valence-electron chi connectivity index (χ3n) is 11.9. The summed E-state index contributed by atoms with van der Waals surface area (Å²) < 4.78 is 4.86. The van der Waals surface area contributed by atoms with Crippen LogP contribution in [0.5, 0.6) is 0 Å². The molecule has 3 heterocycles. The van der Waals surface area contributed by atoms with Gasteiger partial charge < -0.3 is 4.57 Å². The number of aromatic nitrogens is 4. The second-order valence-corrected chi connectivity index (χ2v) is 16.9. The molecule has 64 heavy (non-hydrogen) atoms. The molecule has 0 radical (unpaired) electrons. The molecule has 4 nitrogen and oxygen atoms in total. The first-order valence-corrected chi connectivity index (χ1v) is 22.2. The Balaban J connectivity index is 1.01. The van der Waals surface area contributed by atoms with Crippen LogP contribution in [0.1, 0.15) is 11.1 Å². The van der Waals surface area contributed by atoms with Gasteiger partial charge in [-0.1, -0.05) is 182 Å². The number of hydrogen-bond acceptors (Lipinski definition) is 4. The van der Waals surface area contributed by atoms with Gasteiger partial charge in [-0.15, -0.1) is 11.3 Å². The fourth-order valence-electron chi connectivity index (χ4n) is 8.90. The number of benzene rings is 9. The second kappa shape index (κ2) is 15.8. The van der Waals surface area contributed by atoms with Crippen molar-refractivity contribution in [2.75, 3.05) is 0 Å². The molecule has 0 amide bonds. The summed E-state index contributed by atoms with van der Waals surface area (Å²) in [5.74, 6) is 9.34. The van der Waals surface area contributed by atoms with Gasteiger partial charge in [-0.2, -0.15) is 0 Å². The minimum absolute atomic E-state index is 0.617. The van der Waals surface area contributed by atoms with E-state index in [9.17, 15) is 0 Å². The topological polar surface area (TPSA) is 43.6 Å². The molecule has 0 bridgehead atoms. The second-order valence-electron chi connectivity index (χ2n) is 15.8. The van der Waals surface area contributed by atoms with Gasteiger partial charge in [-0.25, -0.2) is 15.0 Å². The summed E-state index contributed by atoms with van der Waals surface area (Å²) in [5.41, 5.74) is 12.6. The van der Waals surface area contributed by atoms with Gasteiger partial charge in [0.15, 0.2) is 17.5 Å². The molecule has 0 unspecified atom stereocenters. The lowest BCUT2D eigenvalue weighted by molar-refractivity contribution is 1.07. The summed E-state index contributed by atoms with van der Waals surface area (Å²) in [7, 11) is 0. The first-order chi connectivity index (χ1) is 31.7. The van der Waals surface area contributed by atoms with Crippen molar-refractivity contribution < 1.29 is 0 Å². The van der Waals surface area contributed by atoms with Crippen molar-refractivity contribution >= 4 is 53.3 Å². The van der Waals surface area contributed by atoms with Crippen LogP contribution in [0, 0.1) is 11.8 Å². The fourth-order valence-corrected chi connectivity index (χ4v) is 10.2. The normalized spacial score (nSPS) is 11.3. The van der Waals surface area contributed by atoms with E-state index >= 15 is 0 Å². The van der Waals surface area contributed by atoms with E-state index in [1.807, 2.05) is 72.0 Å². The minimum atomic E-state index is 0.617. The van der Waals surface area contributed by atoms with Crippen LogP contribution in [0.15, 0.2) is 218 Å². The van der Waals surface area contributed by atoms with E-state index in [2.05, 4.69) is 174 Å². The zero-order valence-corrected chi connectivity index (χ0v) is 35.3. The van der Waals surface area contributed by atoms with Crippen molar-refractivity contribution in [3.8, 4) is 73.9 Å². The van der Waals surface area contributed by atoms with Gasteiger partial charge in [-0.3, -0.25) is 0 Å². The van der Waals surface area contributed by atoms with E-state index in [0.29, 0.717) is 17.5 Å². The van der Waals surface area contributed by atoms with Gasteiger partial charge in [-0.05, 0) is 65.2 Å². The highest BCUT2D eigenvalue weighted by Crippen LogP contribution is 2.45. The quantitative estimate of drug-likeness (QED) is 0.157. The van der Waals surface area contributed by atoms with Crippen molar-refractivity contribution in [3.05, 3.63) is 230 Å².